The van der Waals surface area contributed by atoms with Gasteiger partial charge in [-0.05, 0) is 36.4 Å². The second-order valence-electron chi connectivity index (χ2n) is 3.73. The highest BCUT2D eigenvalue weighted by atomic mass is 19.4. The van der Waals surface area contributed by atoms with Crippen LogP contribution in [0.5, 0.6) is 5.75 Å². The minimum atomic E-state index is -4.37. The largest absolute Gasteiger partial charge is 0.506 e. The van der Waals surface area contributed by atoms with Gasteiger partial charge in [0.25, 0.3) is 0 Å². The van der Waals surface area contributed by atoms with E-state index in [0.717, 1.165) is 12.1 Å². The first-order valence-corrected chi connectivity index (χ1v) is 5.34. The number of para-hydroxylation sites is 1. The van der Waals surface area contributed by atoms with Crippen LogP contribution in [0.3, 0.4) is 0 Å². The second-order valence-corrected chi connectivity index (χ2v) is 3.73. The van der Waals surface area contributed by atoms with Gasteiger partial charge in [0.05, 0.1) is 11.3 Å². The molecule has 0 bridgehead atoms. The number of aromatic hydroxyl groups is 1. The molecule has 0 fully saturated rings. The lowest BCUT2D eigenvalue weighted by molar-refractivity contribution is -0.137. The van der Waals surface area contributed by atoms with E-state index in [9.17, 15) is 18.3 Å². The summed E-state index contributed by atoms with van der Waals surface area (Å²) in [6.45, 7) is 0. The van der Waals surface area contributed by atoms with Crippen LogP contribution >= 0.6 is 0 Å². The van der Waals surface area contributed by atoms with Gasteiger partial charge in [-0.15, -0.1) is 5.11 Å². The number of alkyl halides is 3. The molecule has 0 aromatic heterocycles. The molecule has 0 atom stereocenters. The first kappa shape index (κ1) is 13.1. The number of halogens is 3. The van der Waals surface area contributed by atoms with Crippen molar-refractivity contribution in [3.05, 3.63) is 54.1 Å². The smallest absolute Gasteiger partial charge is 0.416 e. The van der Waals surface area contributed by atoms with Gasteiger partial charge < -0.3 is 5.11 Å². The molecule has 2 rings (SSSR count). The summed E-state index contributed by atoms with van der Waals surface area (Å²) in [6, 6.07) is 10.6. The van der Waals surface area contributed by atoms with Crippen LogP contribution in [-0.4, -0.2) is 5.11 Å². The highest BCUT2D eigenvalue weighted by Crippen LogP contribution is 2.31. The van der Waals surface area contributed by atoms with Crippen molar-refractivity contribution in [3.8, 4) is 5.75 Å². The van der Waals surface area contributed by atoms with Gasteiger partial charge in [0.2, 0.25) is 0 Å². The topological polar surface area (TPSA) is 45.0 Å². The van der Waals surface area contributed by atoms with E-state index in [1.807, 2.05) is 0 Å². The highest BCUT2D eigenvalue weighted by molar-refractivity contribution is 5.50. The van der Waals surface area contributed by atoms with Crippen LogP contribution < -0.4 is 0 Å². The molecule has 3 nitrogen and oxygen atoms in total. The van der Waals surface area contributed by atoms with Gasteiger partial charge in [-0.3, -0.25) is 0 Å². The Kier molecular flexibility index (Phi) is 3.50. The Bertz CT molecular complexity index is 592. The standard InChI is InChI=1S/C13H9F3N2O/c14-13(15,16)9-5-7-10(8-6-9)17-18-11-3-1-2-4-12(11)19/h1-8,19H/b18-17+. The summed E-state index contributed by atoms with van der Waals surface area (Å²) in [5.41, 5.74) is -0.215. The Morgan fingerprint density at radius 2 is 1.47 bits per heavy atom. The summed E-state index contributed by atoms with van der Waals surface area (Å²) in [6.07, 6.45) is -4.37. The van der Waals surface area contributed by atoms with Crippen molar-refractivity contribution < 1.29 is 18.3 Å². The zero-order valence-electron chi connectivity index (χ0n) is 9.59. The second kappa shape index (κ2) is 5.09. The van der Waals surface area contributed by atoms with Gasteiger partial charge in [-0.2, -0.15) is 18.3 Å². The Hall–Kier alpha value is -2.37. The lowest BCUT2D eigenvalue weighted by Gasteiger charge is -2.05. The number of azo groups is 1. The van der Waals surface area contributed by atoms with E-state index in [4.69, 9.17) is 0 Å². The zero-order valence-corrected chi connectivity index (χ0v) is 9.59. The predicted octanol–water partition coefficient (Wildman–Crippen LogP) is 4.83. The predicted molar refractivity (Wildman–Crippen MR) is 63.7 cm³/mol. The Morgan fingerprint density at radius 1 is 0.842 bits per heavy atom. The third-order valence-electron chi connectivity index (χ3n) is 2.35. The van der Waals surface area contributed by atoms with Gasteiger partial charge in [0.1, 0.15) is 11.4 Å². The van der Waals surface area contributed by atoms with E-state index in [1.54, 1.807) is 18.2 Å². The van der Waals surface area contributed by atoms with Crippen LogP contribution in [0.4, 0.5) is 24.5 Å². The van der Waals surface area contributed by atoms with Gasteiger partial charge >= 0.3 is 6.18 Å². The molecule has 0 radical (unpaired) electrons. The fourth-order valence-corrected chi connectivity index (χ4v) is 1.38. The Labute approximate surface area is 107 Å². The van der Waals surface area contributed by atoms with E-state index in [1.165, 1.54) is 18.2 Å². The van der Waals surface area contributed by atoms with Crippen molar-refractivity contribution in [1.29, 1.82) is 0 Å². The molecular formula is C13H9F3N2O. The highest BCUT2D eigenvalue weighted by Gasteiger charge is 2.29. The number of hydrogen-bond donors (Lipinski definition) is 1. The maximum Gasteiger partial charge on any atom is 0.416 e. The summed E-state index contributed by atoms with van der Waals surface area (Å²) in [5.74, 6) is -0.0434. The van der Waals surface area contributed by atoms with E-state index < -0.39 is 11.7 Å². The van der Waals surface area contributed by atoms with Crippen molar-refractivity contribution in [3.63, 3.8) is 0 Å². The summed E-state index contributed by atoms with van der Waals surface area (Å²) < 4.78 is 37.0. The third kappa shape index (κ3) is 3.31. The maximum atomic E-state index is 12.3. The lowest BCUT2D eigenvalue weighted by Crippen LogP contribution is -2.03. The number of nitrogens with zero attached hydrogens (tertiary/aromatic N) is 2. The molecule has 6 heteroatoms. The zero-order chi connectivity index (χ0) is 13.9. The molecule has 0 amide bonds. The lowest BCUT2D eigenvalue weighted by atomic mass is 10.2. The van der Waals surface area contributed by atoms with Crippen LogP contribution in [0.2, 0.25) is 0 Å². The first-order valence-electron chi connectivity index (χ1n) is 5.34. The van der Waals surface area contributed by atoms with Crippen molar-refractivity contribution in [2.24, 2.45) is 10.2 Å². The molecular weight excluding hydrogens is 257 g/mol. The van der Waals surface area contributed by atoms with Gasteiger partial charge in [-0.25, -0.2) is 0 Å². The molecule has 0 aliphatic rings. The monoisotopic (exact) mass is 266 g/mol. The first-order chi connectivity index (χ1) is 8.97. The number of phenolic OH excluding ortho intramolecular Hbond substituents is 1. The molecule has 0 unspecified atom stereocenters. The van der Waals surface area contributed by atoms with Crippen LogP contribution in [-0.2, 0) is 6.18 Å². The van der Waals surface area contributed by atoms with Crippen LogP contribution in [0, 0.1) is 0 Å². The summed E-state index contributed by atoms with van der Waals surface area (Å²) >= 11 is 0. The van der Waals surface area contributed by atoms with Crippen molar-refractivity contribution in [1.82, 2.24) is 0 Å². The Morgan fingerprint density at radius 3 is 2.05 bits per heavy atom. The molecule has 0 aliphatic heterocycles. The van der Waals surface area contributed by atoms with E-state index in [-0.39, 0.29) is 17.1 Å². The summed E-state index contributed by atoms with van der Waals surface area (Å²) in [4.78, 5) is 0. The minimum Gasteiger partial charge on any atom is -0.506 e. The van der Waals surface area contributed by atoms with Crippen LogP contribution in [0.1, 0.15) is 5.56 Å². The van der Waals surface area contributed by atoms with Crippen molar-refractivity contribution >= 4 is 11.4 Å². The molecule has 1 N–H and O–H groups in total. The fourth-order valence-electron chi connectivity index (χ4n) is 1.38. The number of benzene rings is 2. The molecule has 0 saturated heterocycles. The van der Waals surface area contributed by atoms with E-state index in [2.05, 4.69) is 10.2 Å². The number of phenols is 1. The van der Waals surface area contributed by atoms with Gasteiger partial charge in [0.15, 0.2) is 0 Å². The average Bonchev–Trinajstić information content (AvgIpc) is 2.37. The molecule has 0 saturated carbocycles. The molecule has 19 heavy (non-hydrogen) atoms. The van der Waals surface area contributed by atoms with Crippen molar-refractivity contribution in [2.75, 3.05) is 0 Å². The van der Waals surface area contributed by atoms with Gasteiger partial charge in [0, 0.05) is 0 Å². The minimum absolute atomic E-state index is 0.0434. The normalized spacial score (nSPS) is 11.9. The molecule has 98 valence electrons. The third-order valence-corrected chi connectivity index (χ3v) is 2.35. The van der Waals surface area contributed by atoms with Crippen LogP contribution in [0.25, 0.3) is 0 Å². The van der Waals surface area contributed by atoms with Gasteiger partial charge in [-0.1, -0.05) is 12.1 Å². The number of rotatable bonds is 2. The molecule has 0 aliphatic carbocycles. The van der Waals surface area contributed by atoms with Crippen LogP contribution in [0.15, 0.2) is 58.8 Å². The SMILES string of the molecule is Oc1ccccc1/N=N/c1ccc(C(F)(F)F)cc1. The molecule has 2 aromatic rings. The molecule has 0 spiro atoms. The molecule has 0 heterocycles. The maximum absolute atomic E-state index is 12.3. The fraction of sp³-hybridized carbons (Fsp3) is 0.0769. The molecule has 2 aromatic carbocycles. The summed E-state index contributed by atoms with van der Waals surface area (Å²) in [7, 11) is 0. The van der Waals surface area contributed by atoms with E-state index >= 15 is 0 Å². The van der Waals surface area contributed by atoms with Crippen molar-refractivity contribution in [2.45, 2.75) is 6.18 Å². The quantitative estimate of drug-likeness (QED) is 0.777. The average molecular weight is 266 g/mol. The van der Waals surface area contributed by atoms with E-state index in [0.29, 0.717) is 0 Å². The number of hydrogen-bond acceptors (Lipinski definition) is 3. The summed E-state index contributed by atoms with van der Waals surface area (Å²) in [5, 5.41) is 17.0. The Balaban J connectivity index is 2.19.